The molecule has 2 N–H and O–H groups in total. The van der Waals surface area contributed by atoms with Crippen LogP contribution in [0.15, 0.2) is 42.1 Å². The number of hydrogen-bond acceptors (Lipinski definition) is 5. The van der Waals surface area contributed by atoms with Crippen LogP contribution in [0.2, 0.25) is 5.02 Å². The predicted octanol–water partition coefficient (Wildman–Crippen LogP) is 3.98. The summed E-state index contributed by atoms with van der Waals surface area (Å²) in [5, 5.41) is 5.45. The van der Waals surface area contributed by atoms with Crippen LogP contribution in [-0.4, -0.2) is 42.5 Å². The Hall–Kier alpha value is -3.52. The van der Waals surface area contributed by atoms with E-state index in [1.54, 1.807) is 24.3 Å². The summed E-state index contributed by atoms with van der Waals surface area (Å²) in [6.07, 6.45) is 1.35. The number of imide groups is 1. The molecule has 168 valence electrons. The van der Waals surface area contributed by atoms with Gasteiger partial charge in [0.15, 0.2) is 11.5 Å². The number of nitrogens with zero attached hydrogens (tertiary/aromatic N) is 1. The van der Waals surface area contributed by atoms with Crippen LogP contribution < -0.4 is 20.1 Å². The molecular formula is C23H24ClN3O5. The predicted molar refractivity (Wildman–Crippen MR) is 122 cm³/mol. The summed E-state index contributed by atoms with van der Waals surface area (Å²) in [4.78, 5) is 38.1. The van der Waals surface area contributed by atoms with E-state index in [9.17, 15) is 14.4 Å². The lowest BCUT2D eigenvalue weighted by Crippen LogP contribution is -2.38. The van der Waals surface area contributed by atoms with Crippen LogP contribution in [0.1, 0.15) is 25.0 Å². The van der Waals surface area contributed by atoms with Crippen molar-refractivity contribution in [2.45, 2.75) is 26.9 Å². The van der Waals surface area contributed by atoms with Crippen LogP contribution in [0.5, 0.6) is 11.5 Å². The first-order valence-corrected chi connectivity index (χ1v) is 10.3. The topological polar surface area (TPSA) is 97.0 Å². The van der Waals surface area contributed by atoms with Crippen LogP contribution in [0.25, 0.3) is 6.08 Å². The molecule has 0 spiro atoms. The van der Waals surface area contributed by atoms with Crippen molar-refractivity contribution in [2.24, 2.45) is 0 Å². The van der Waals surface area contributed by atoms with Crippen LogP contribution >= 0.6 is 11.6 Å². The van der Waals surface area contributed by atoms with E-state index in [0.29, 0.717) is 27.8 Å². The van der Waals surface area contributed by atoms with Crippen LogP contribution in [0.4, 0.5) is 10.5 Å². The second-order valence-corrected chi connectivity index (χ2v) is 7.90. The molecule has 0 saturated carbocycles. The second-order valence-electron chi connectivity index (χ2n) is 7.49. The van der Waals surface area contributed by atoms with Gasteiger partial charge in [-0.15, -0.1) is 0 Å². The third-order valence-electron chi connectivity index (χ3n) is 4.52. The number of amides is 4. The monoisotopic (exact) mass is 457 g/mol. The Kier molecular flexibility index (Phi) is 7.05. The zero-order valence-corrected chi connectivity index (χ0v) is 18.9. The molecule has 2 aromatic carbocycles. The van der Waals surface area contributed by atoms with Gasteiger partial charge in [-0.1, -0.05) is 29.3 Å². The Labute approximate surface area is 191 Å². The number of halogens is 1. The maximum atomic E-state index is 12.7. The normalized spacial score (nSPS) is 14.7. The Morgan fingerprint density at radius 3 is 2.53 bits per heavy atom. The summed E-state index contributed by atoms with van der Waals surface area (Å²) < 4.78 is 11.0. The Morgan fingerprint density at radius 1 is 1.22 bits per heavy atom. The molecule has 0 aromatic heterocycles. The first kappa shape index (κ1) is 23.1. The lowest BCUT2D eigenvalue weighted by Gasteiger charge is -2.15. The zero-order valence-electron chi connectivity index (χ0n) is 18.2. The number of carbonyl (C=O) groups is 3. The number of hydrogen-bond donors (Lipinski definition) is 2. The van der Waals surface area contributed by atoms with Gasteiger partial charge in [0.05, 0.1) is 18.2 Å². The van der Waals surface area contributed by atoms with Crippen molar-refractivity contribution < 1.29 is 23.9 Å². The van der Waals surface area contributed by atoms with Gasteiger partial charge >= 0.3 is 6.03 Å². The van der Waals surface area contributed by atoms with Gasteiger partial charge in [0.25, 0.3) is 5.91 Å². The van der Waals surface area contributed by atoms with E-state index in [1.165, 1.54) is 13.2 Å². The maximum Gasteiger partial charge on any atom is 0.329 e. The molecule has 1 saturated heterocycles. The molecule has 32 heavy (non-hydrogen) atoms. The van der Waals surface area contributed by atoms with Crippen molar-refractivity contribution in [3.63, 3.8) is 0 Å². The smallest absolute Gasteiger partial charge is 0.329 e. The fourth-order valence-electron chi connectivity index (χ4n) is 3.04. The highest BCUT2D eigenvalue weighted by Crippen LogP contribution is 2.37. The van der Waals surface area contributed by atoms with Gasteiger partial charge in [-0.2, -0.15) is 0 Å². The van der Waals surface area contributed by atoms with Crippen molar-refractivity contribution >= 4 is 41.2 Å². The van der Waals surface area contributed by atoms with Crippen molar-refractivity contribution in [3.05, 3.63) is 58.2 Å². The second kappa shape index (κ2) is 9.74. The minimum absolute atomic E-state index is 0.0220. The number of methoxy groups -OCH3 is 1. The largest absolute Gasteiger partial charge is 0.493 e. The van der Waals surface area contributed by atoms with Crippen LogP contribution in [0.3, 0.4) is 0 Å². The van der Waals surface area contributed by atoms with Crippen LogP contribution in [-0.2, 0) is 9.59 Å². The van der Waals surface area contributed by atoms with Gasteiger partial charge < -0.3 is 20.1 Å². The van der Waals surface area contributed by atoms with Crippen molar-refractivity contribution in [1.82, 2.24) is 10.2 Å². The number of aryl methyl sites for hydroxylation is 1. The fraction of sp³-hybridized carbons (Fsp3) is 0.261. The number of urea groups is 1. The molecular weight excluding hydrogens is 434 g/mol. The highest BCUT2D eigenvalue weighted by atomic mass is 35.5. The molecule has 0 bridgehead atoms. The van der Waals surface area contributed by atoms with E-state index in [4.69, 9.17) is 21.1 Å². The average molecular weight is 458 g/mol. The highest BCUT2D eigenvalue weighted by Gasteiger charge is 2.35. The molecule has 0 radical (unpaired) electrons. The first-order valence-electron chi connectivity index (χ1n) is 9.93. The molecule has 1 fully saturated rings. The minimum Gasteiger partial charge on any atom is -0.493 e. The maximum absolute atomic E-state index is 12.7. The van der Waals surface area contributed by atoms with Gasteiger partial charge in [0.1, 0.15) is 12.2 Å². The van der Waals surface area contributed by atoms with E-state index in [-0.39, 0.29) is 11.8 Å². The summed E-state index contributed by atoms with van der Waals surface area (Å²) in [6.45, 7) is 5.24. The lowest BCUT2D eigenvalue weighted by atomic mass is 10.1. The Morgan fingerprint density at radius 2 is 1.91 bits per heavy atom. The number of benzene rings is 2. The van der Waals surface area contributed by atoms with Gasteiger partial charge in [0, 0.05) is 5.69 Å². The highest BCUT2D eigenvalue weighted by molar-refractivity contribution is 6.32. The molecule has 8 nitrogen and oxygen atoms in total. The lowest BCUT2D eigenvalue weighted by molar-refractivity contribution is -0.127. The van der Waals surface area contributed by atoms with Crippen molar-refractivity contribution in [3.8, 4) is 11.5 Å². The molecule has 1 heterocycles. The van der Waals surface area contributed by atoms with E-state index in [1.807, 2.05) is 32.9 Å². The zero-order chi connectivity index (χ0) is 23.4. The number of ether oxygens (including phenoxy) is 2. The molecule has 9 heteroatoms. The third-order valence-corrected chi connectivity index (χ3v) is 4.80. The Bertz CT molecular complexity index is 1080. The minimum atomic E-state index is -0.682. The van der Waals surface area contributed by atoms with E-state index in [2.05, 4.69) is 10.6 Å². The van der Waals surface area contributed by atoms with Crippen molar-refractivity contribution in [1.29, 1.82) is 0 Å². The summed E-state index contributed by atoms with van der Waals surface area (Å²) in [7, 11) is 1.48. The van der Waals surface area contributed by atoms with Gasteiger partial charge in [-0.05, 0) is 56.7 Å². The molecule has 0 unspecified atom stereocenters. The first-order chi connectivity index (χ1) is 15.2. The quantitative estimate of drug-likeness (QED) is 0.484. The number of nitrogens with one attached hydrogen (secondary N) is 2. The molecule has 2 aromatic rings. The number of rotatable bonds is 7. The summed E-state index contributed by atoms with van der Waals surface area (Å²) >= 11 is 6.32. The standard InChI is InChI=1S/C23H24ClN3O5/c1-13(2)32-21-17(24)9-15(11-19(21)31-4)10-18-22(29)27(23(30)26-18)12-20(28)25-16-7-5-14(3)6-8-16/h5-11,13H,12H2,1-4H3,(H,25,28)(H,26,30)/b18-10+. The van der Waals surface area contributed by atoms with Gasteiger partial charge in [0.2, 0.25) is 5.91 Å². The van der Waals surface area contributed by atoms with Crippen molar-refractivity contribution in [2.75, 3.05) is 19.0 Å². The van der Waals surface area contributed by atoms with Crippen LogP contribution in [0, 0.1) is 6.92 Å². The molecule has 0 atom stereocenters. The van der Waals surface area contributed by atoms with E-state index in [0.717, 1.165) is 10.5 Å². The summed E-state index contributed by atoms with van der Waals surface area (Å²) in [6, 6.07) is 9.74. The number of anilines is 1. The SMILES string of the molecule is COc1cc(/C=C2/NC(=O)N(CC(=O)Nc3ccc(C)cc3)C2=O)cc(Cl)c1OC(C)C. The molecule has 1 aliphatic heterocycles. The van der Waals surface area contributed by atoms with Gasteiger partial charge in [-0.3, -0.25) is 9.59 Å². The van der Waals surface area contributed by atoms with Gasteiger partial charge in [-0.25, -0.2) is 9.69 Å². The molecule has 4 amide bonds. The third kappa shape index (κ3) is 5.39. The Balaban J connectivity index is 1.75. The average Bonchev–Trinajstić information content (AvgIpc) is 2.98. The summed E-state index contributed by atoms with van der Waals surface area (Å²) in [5.74, 6) is -0.322. The molecule has 0 aliphatic carbocycles. The van der Waals surface area contributed by atoms with E-state index < -0.39 is 24.4 Å². The number of carbonyl (C=O) groups excluding carboxylic acids is 3. The van der Waals surface area contributed by atoms with E-state index >= 15 is 0 Å². The summed E-state index contributed by atoms with van der Waals surface area (Å²) in [5.41, 5.74) is 2.17. The fourth-order valence-corrected chi connectivity index (χ4v) is 3.30. The molecule has 3 rings (SSSR count). The molecule has 1 aliphatic rings.